The van der Waals surface area contributed by atoms with Crippen LogP contribution in [0.15, 0.2) is 43.1 Å². The lowest BCUT2D eigenvalue weighted by Gasteiger charge is -2.30. The standard InChI is InChI=1S/C21H25N7OS/c1-14-10-17(15(2)28(14)26-12-23-24-13-26)20-19(18-7-3-4-8-22-18)25-21(30)27(20)11-16-6-5-9-29-16/h3-4,7-8,10,12-13,16,19-20H,5-6,9,11H2,1-2H3,(H,25,30)/t16-,19+,20-/m0/s1. The van der Waals surface area contributed by atoms with Crippen molar-refractivity contribution in [2.75, 3.05) is 13.2 Å². The third kappa shape index (κ3) is 3.27. The SMILES string of the molecule is Cc1cc([C@H]2[C@@H](c3ccccn3)NC(=S)N2C[C@@H]2CCCO2)c(C)n1-n1cnnc1. The third-order valence-electron chi connectivity index (χ3n) is 6.01. The minimum Gasteiger partial charge on any atom is -0.376 e. The number of rotatable bonds is 5. The van der Waals surface area contributed by atoms with Gasteiger partial charge in [0.15, 0.2) is 5.11 Å². The average Bonchev–Trinajstić information content (AvgIpc) is 3.53. The molecule has 0 aliphatic carbocycles. The highest BCUT2D eigenvalue weighted by atomic mass is 32.1. The molecular formula is C21H25N7OS. The number of ether oxygens (including phenoxy) is 1. The van der Waals surface area contributed by atoms with Gasteiger partial charge in [-0.1, -0.05) is 6.07 Å². The molecule has 9 heteroatoms. The Labute approximate surface area is 180 Å². The molecule has 0 saturated carbocycles. The van der Waals surface area contributed by atoms with Crippen LogP contribution in [0.5, 0.6) is 0 Å². The molecule has 0 bridgehead atoms. The summed E-state index contributed by atoms with van der Waals surface area (Å²) in [5.74, 6) is 0. The quantitative estimate of drug-likeness (QED) is 0.632. The summed E-state index contributed by atoms with van der Waals surface area (Å²) in [5, 5.41) is 12.2. The van der Waals surface area contributed by atoms with Gasteiger partial charge < -0.3 is 15.0 Å². The summed E-state index contributed by atoms with van der Waals surface area (Å²) in [6.45, 7) is 5.83. The van der Waals surface area contributed by atoms with E-state index in [1.54, 1.807) is 12.7 Å². The summed E-state index contributed by atoms with van der Waals surface area (Å²) in [5.41, 5.74) is 4.43. The van der Waals surface area contributed by atoms with E-state index in [1.165, 1.54) is 5.56 Å². The molecule has 3 aromatic heterocycles. The number of aryl methyl sites for hydroxylation is 1. The number of aromatic nitrogens is 5. The molecule has 2 saturated heterocycles. The second kappa shape index (κ2) is 7.81. The zero-order valence-electron chi connectivity index (χ0n) is 17.1. The highest BCUT2D eigenvalue weighted by Crippen LogP contribution is 2.41. The molecule has 156 valence electrons. The topological polar surface area (TPSA) is 73.0 Å². The fraction of sp³-hybridized carbons (Fsp3) is 0.429. The smallest absolute Gasteiger partial charge is 0.170 e. The minimum atomic E-state index is -0.0324. The monoisotopic (exact) mass is 423 g/mol. The van der Waals surface area contributed by atoms with Crippen LogP contribution in [0, 0.1) is 13.8 Å². The molecule has 2 aliphatic rings. The summed E-state index contributed by atoms with van der Waals surface area (Å²) in [7, 11) is 0. The van der Waals surface area contributed by atoms with Gasteiger partial charge in [-0.15, -0.1) is 10.2 Å². The molecule has 2 fully saturated rings. The zero-order valence-corrected chi connectivity index (χ0v) is 17.9. The summed E-state index contributed by atoms with van der Waals surface area (Å²) >= 11 is 5.79. The molecule has 8 nitrogen and oxygen atoms in total. The van der Waals surface area contributed by atoms with Gasteiger partial charge in [0.25, 0.3) is 0 Å². The van der Waals surface area contributed by atoms with Crippen LogP contribution in [0.3, 0.4) is 0 Å². The lowest BCUT2D eigenvalue weighted by atomic mass is 9.96. The van der Waals surface area contributed by atoms with Crippen LogP contribution in [0.4, 0.5) is 0 Å². The lowest BCUT2D eigenvalue weighted by molar-refractivity contribution is 0.0841. The summed E-state index contributed by atoms with van der Waals surface area (Å²) in [6.07, 6.45) is 7.63. The number of hydrogen-bond donors (Lipinski definition) is 1. The van der Waals surface area contributed by atoms with Gasteiger partial charge in [-0.3, -0.25) is 9.66 Å². The number of thiocarbonyl (C=S) groups is 1. The van der Waals surface area contributed by atoms with Gasteiger partial charge in [0.2, 0.25) is 0 Å². The highest BCUT2D eigenvalue weighted by molar-refractivity contribution is 7.80. The Morgan fingerprint density at radius 1 is 1.23 bits per heavy atom. The van der Waals surface area contributed by atoms with E-state index in [0.29, 0.717) is 0 Å². The normalized spacial score (nSPS) is 23.9. The van der Waals surface area contributed by atoms with E-state index in [9.17, 15) is 0 Å². The van der Waals surface area contributed by atoms with Crippen LogP contribution >= 0.6 is 12.2 Å². The first-order valence-corrected chi connectivity index (χ1v) is 10.7. The van der Waals surface area contributed by atoms with Gasteiger partial charge in [-0.2, -0.15) is 0 Å². The van der Waals surface area contributed by atoms with E-state index in [2.05, 4.69) is 56.1 Å². The van der Waals surface area contributed by atoms with Crippen molar-refractivity contribution in [1.29, 1.82) is 0 Å². The van der Waals surface area contributed by atoms with Gasteiger partial charge in [-0.25, -0.2) is 4.68 Å². The first-order valence-electron chi connectivity index (χ1n) is 10.3. The molecular weight excluding hydrogens is 398 g/mol. The van der Waals surface area contributed by atoms with E-state index in [-0.39, 0.29) is 18.2 Å². The molecule has 2 aliphatic heterocycles. The molecule has 0 spiro atoms. The number of nitrogens with one attached hydrogen (secondary N) is 1. The van der Waals surface area contributed by atoms with E-state index in [1.807, 2.05) is 23.0 Å². The Balaban J connectivity index is 1.58. The molecule has 0 unspecified atom stereocenters. The first kappa shape index (κ1) is 19.2. The van der Waals surface area contributed by atoms with Gasteiger partial charge in [0, 0.05) is 36.3 Å². The minimum absolute atomic E-state index is 0.0213. The Hall–Kier alpha value is -2.78. The summed E-state index contributed by atoms with van der Waals surface area (Å²) in [4.78, 5) is 6.91. The van der Waals surface area contributed by atoms with Crippen LogP contribution in [-0.4, -0.2) is 53.8 Å². The van der Waals surface area contributed by atoms with Crippen molar-refractivity contribution in [3.8, 4) is 0 Å². The van der Waals surface area contributed by atoms with Gasteiger partial charge >= 0.3 is 0 Å². The van der Waals surface area contributed by atoms with Crippen molar-refractivity contribution in [1.82, 2.24) is 34.8 Å². The van der Waals surface area contributed by atoms with Crippen LogP contribution in [0.2, 0.25) is 0 Å². The van der Waals surface area contributed by atoms with Crippen molar-refractivity contribution in [3.63, 3.8) is 0 Å². The second-order valence-electron chi connectivity index (χ2n) is 7.89. The van der Waals surface area contributed by atoms with E-state index in [4.69, 9.17) is 17.0 Å². The van der Waals surface area contributed by atoms with Crippen molar-refractivity contribution < 1.29 is 4.74 Å². The number of hydrogen-bond acceptors (Lipinski definition) is 5. The second-order valence-corrected chi connectivity index (χ2v) is 8.28. The van der Waals surface area contributed by atoms with E-state index >= 15 is 0 Å². The summed E-state index contributed by atoms with van der Waals surface area (Å²) < 4.78 is 9.96. The maximum absolute atomic E-state index is 5.94. The van der Waals surface area contributed by atoms with E-state index < -0.39 is 0 Å². The largest absolute Gasteiger partial charge is 0.376 e. The number of nitrogens with zero attached hydrogens (tertiary/aromatic N) is 6. The zero-order chi connectivity index (χ0) is 20.7. The van der Waals surface area contributed by atoms with Gasteiger partial charge in [-0.05, 0) is 57.1 Å². The van der Waals surface area contributed by atoms with Crippen molar-refractivity contribution in [2.45, 2.75) is 44.9 Å². The van der Waals surface area contributed by atoms with Crippen molar-refractivity contribution >= 4 is 17.3 Å². The molecule has 5 heterocycles. The molecule has 0 amide bonds. The van der Waals surface area contributed by atoms with Crippen molar-refractivity contribution in [2.24, 2.45) is 0 Å². The maximum atomic E-state index is 5.94. The Bertz CT molecular complexity index is 1030. The summed E-state index contributed by atoms with van der Waals surface area (Å²) in [6, 6.07) is 8.24. The van der Waals surface area contributed by atoms with Crippen LogP contribution in [-0.2, 0) is 4.74 Å². The first-order chi connectivity index (χ1) is 14.6. The van der Waals surface area contributed by atoms with Crippen LogP contribution in [0.1, 0.15) is 47.6 Å². The molecule has 5 rings (SSSR count). The van der Waals surface area contributed by atoms with Crippen LogP contribution < -0.4 is 5.32 Å². The third-order valence-corrected chi connectivity index (χ3v) is 6.36. The van der Waals surface area contributed by atoms with Gasteiger partial charge in [0.05, 0.1) is 23.9 Å². The molecule has 3 atom stereocenters. The Morgan fingerprint density at radius 2 is 2.07 bits per heavy atom. The molecule has 30 heavy (non-hydrogen) atoms. The maximum Gasteiger partial charge on any atom is 0.170 e. The number of pyridine rings is 1. The highest BCUT2D eigenvalue weighted by Gasteiger charge is 2.42. The predicted molar refractivity (Wildman–Crippen MR) is 116 cm³/mol. The molecule has 1 N–H and O–H groups in total. The van der Waals surface area contributed by atoms with Crippen LogP contribution in [0.25, 0.3) is 0 Å². The van der Waals surface area contributed by atoms with Gasteiger partial charge in [0.1, 0.15) is 12.7 Å². The molecule has 0 aromatic carbocycles. The lowest BCUT2D eigenvalue weighted by Crippen LogP contribution is -2.36. The van der Waals surface area contributed by atoms with E-state index in [0.717, 1.165) is 48.2 Å². The molecule has 0 radical (unpaired) electrons. The van der Waals surface area contributed by atoms with Crippen molar-refractivity contribution in [3.05, 3.63) is 65.8 Å². The molecule has 3 aromatic rings. The fourth-order valence-corrected chi connectivity index (χ4v) is 4.99. The Morgan fingerprint density at radius 3 is 2.77 bits per heavy atom. The average molecular weight is 424 g/mol. The fourth-order valence-electron chi connectivity index (χ4n) is 4.68. The predicted octanol–water partition coefficient (Wildman–Crippen LogP) is 2.55. The Kier molecular flexibility index (Phi) is 5.00.